The van der Waals surface area contributed by atoms with Crippen LogP contribution in [0.15, 0.2) is 45.6 Å². The minimum Gasteiger partial charge on any atom is -0.478 e. The van der Waals surface area contributed by atoms with Crippen LogP contribution in [0, 0.1) is 0 Å². The summed E-state index contributed by atoms with van der Waals surface area (Å²) in [5.41, 5.74) is 7.83. The van der Waals surface area contributed by atoms with Gasteiger partial charge in [0.25, 0.3) is 0 Å². The highest BCUT2D eigenvalue weighted by Gasteiger charge is 2.09. The highest BCUT2D eigenvalue weighted by molar-refractivity contribution is 5.94. The summed E-state index contributed by atoms with van der Waals surface area (Å²) >= 11 is 0. The van der Waals surface area contributed by atoms with E-state index in [0.29, 0.717) is 17.5 Å². The number of carbonyl (C=O) groups is 1. The molecule has 0 bridgehead atoms. The molecule has 0 radical (unpaired) electrons. The largest absolute Gasteiger partial charge is 0.478 e. The van der Waals surface area contributed by atoms with Crippen molar-refractivity contribution in [3.63, 3.8) is 0 Å². The normalized spacial score (nSPS) is 10.2. The standard InChI is InChI=1S/C12H14N2O3.C9H12N2O2/c1-4-16-12-13-10-6-5-8(14(2)3)7-9(10)11(15)17-12;1-11(2)6-3-4-8(10)7(5-6)9(12)13/h5-7H,4H2,1-3H3;3-5H,10H2,1-2H3,(H,12,13). The zero-order chi connectivity index (χ0) is 22.4. The van der Waals surface area contributed by atoms with Crippen molar-refractivity contribution in [2.75, 3.05) is 50.3 Å². The number of rotatable bonds is 5. The summed E-state index contributed by atoms with van der Waals surface area (Å²) in [5.74, 6) is -0.999. The smallest absolute Gasteiger partial charge is 0.397 e. The predicted octanol–water partition coefficient (Wildman–Crippen LogP) is 2.69. The number of hydrogen-bond acceptors (Lipinski definition) is 8. The Morgan fingerprint density at radius 3 is 2.27 bits per heavy atom. The molecule has 0 unspecified atom stereocenters. The van der Waals surface area contributed by atoms with E-state index in [1.807, 2.05) is 44.1 Å². The van der Waals surface area contributed by atoms with Crippen molar-refractivity contribution < 1.29 is 19.1 Å². The summed E-state index contributed by atoms with van der Waals surface area (Å²) in [4.78, 5) is 30.3. The van der Waals surface area contributed by atoms with Crippen LogP contribution in [-0.2, 0) is 0 Å². The highest BCUT2D eigenvalue weighted by Crippen LogP contribution is 2.20. The predicted molar refractivity (Wildman–Crippen MR) is 118 cm³/mol. The fourth-order valence-electron chi connectivity index (χ4n) is 2.51. The Morgan fingerprint density at radius 2 is 1.70 bits per heavy atom. The van der Waals surface area contributed by atoms with Gasteiger partial charge in [0.05, 0.1) is 23.1 Å². The molecule has 2 aromatic carbocycles. The Hall–Kier alpha value is -3.75. The Balaban J connectivity index is 0.000000222. The van der Waals surface area contributed by atoms with Gasteiger partial charge in [0.2, 0.25) is 0 Å². The third-order valence-electron chi connectivity index (χ3n) is 4.16. The van der Waals surface area contributed by atoms with Crippen LogP contribution in [-0.4, -0.2) is 50.9 Å². The molecule has 0 saturated carbocycles. The molecule has 9 heteroatoms. The average molecular weight is 414 g/mol. The Bertz CT molecular complexity index is 1090. The number of benzene rings is 2. The fraction of sp³-hybridized carbons (Fsp3) is 0.286. The fourth-order valence-corrected chi connectivity index (χ4v) is 2.51. The van der Waals surface area contributed by atoms with Crippen LogP contribution in [0.2, 0.25) is 0 Å². The molecule has 160 valence electrons. The van der Waals surface area contributed by atoms with Gasteiger partial charge in [0.1, 0.15) is 0 Å². The van der Waals surface area contributed by atoms with Crippen LogP contribution < -0.4 is 25.9 Å². The van der Waals surface area contributed by atoms with Crippen LogP contribution in [0.4, 0.5) is 17.1 Å². The van der Waals surface area contributed by atoms with Crippen LogP contribution >= 0.6 is 0 Å². The van der Waals surface area contributed by atoms with Crippen LogP contribution in [0.25, 0.3) is 10.9 Å². The Kier molecular flexibility index (Phi) is 7.24. The molecule has 1 heterocycles. The number of nitrogens with zero attached hydrogens (tertiary/aromatic N) is 3. The number of ether oxygens (including phenoxy) is 1. The number of carboxylic acid groups (broad SMARTS) is 1. The summed E-state index contributed by atoms with van der Waals surface area (Å²) in [6, 6.07) is 10.4. The number of anilines is 3. The van der Waals surface area contributed by atoms with Crippen molar-refractivity contribution in [3.8, 4) is 6.08 Å². The first-order valence-corrected chi connectivity index (χ1v) is 9.19. The molecule has 30 heavy (non-hydrogen) atoms. The first-order chi connectivity index (χ1) is 14.1. The second kappa shape index (κ2) is 9.64. The lowest BCUT2D eigenvalue weighted by Gasteiger charge is -2.13. The molecule has 3 N–H and O–H groups in total. The summed E-state index contributed by atoms with van der Waals surface area (Å²) < 4.78 is 10.0. The van der Waals surface area contributed by atoms with Gasteiger partial charge in [-0.25, -0.2) is 9.59 Å². The SMILES string of the molecule is CCOc1nc2ccc(N(C)C)cc2c(=O)o1.CN(C)c1ccc(N)c(C(=O)O)c1. The van der Waals surface area contributed by atoms with Gasteiger partial charge >= 0.3 is 17.7 Å². The third kappa shape index (κ3) is 5.40. The van der Waals surface area contributed by atoms with Gasteiger partial charge in [-0.2, -0.15) is 4.98 Å². The second-order valence-electron chi connectivity index (χ2n) is 6.77. The summed E-state index contributed by atoms with van der Waals surface area (Å²) in [6.07, 6.45) is 0.0163. The Morgan fingerprint density at radius 1 is 1.10 bits per heavy atom. The number of aromatic nitrogens is 1. The van der Waals surface area contributed by atoms with Crippen molar-refractivity contribution in [3.05, 3.63) is 52.4 Å². The molecule has 0 atom stereocenters. The zero-order valence-corrected chi connectivity index (χ0v) is 17.7. The zero-order valence-electron chi connectivity index (χ0n) is 17.7. The van der Waals surface area contributed by atoms with Crippen molar-refractivity contribution in [1.82, 2.24) is 4.98 Å². The van der Waals surface area contributed by atoms with E-state index in [4.69, 9.17) is 20.0 Å². The molecule has 0 aliphatic carbocycles. The van der Waals surface area contributed by atoms with E-state index in [0.717, 1.165) is 11.4 Å². The van der Waals surface area contributed by atoms with Crippen LogP contribution in [0.1, 0.15) is 17.3 Å². The monoisotopic (exact) mass is 414 g/mol. The average Bonchev–Trinajstić information content (AvgIpc) is 2.68. The van der Waals surface area contributed by atoms with Crippen molar-refractivity contribution in [1.29, 1.82) is 0 Å². The molecular weight excluding hydrogens is 388 g/mol. The van der Waals surface area contributed by atoms with Crippen LogP contribution in [0.5, 0.6) is 6.08 Å². The van der Waals surface area contributed by atoms with E-state index >= 15 is 0 Å². The molecule has 3 aromatic rings. The van der Waals surface area contributed by atoms with E-state index in [9.17, 15) is 9.59 Å². The topological polar surface area (TPSA) is 122 Å². The number of hydrogen-bond donors (Lipinski definition) is 2. The molecule has 0 amide bonds. The van der Waals surface area contributed by atoms with Crippen molar-refractivity contribution in [2.45, 2.75) is 6.92 Å². The maximum absolute atomic E-state index is 11.7. The number of aromatic carboxylic acids is 1. The lowest BCUT2D eigenvalue weighted by Crippen LogP contribution is -2.11. The summed E-state index contributed by atoms with van der Waals surface area (Å²) in [7, 11) is 7.50. The lowest BCUT2D eigenvalue weighted by molar-refractivity contribution is 0.0698. The summed E-state index contributed by atoms with van der Waals surface area (Å²) in [5, 5.41) is 9.23. The van der Waals surface area contributed by atoms with Crippen molar-refractivity contribution in [2.24, 2.45) is 0 Å². The van der Waals surface area contributed by atoms with E-state index in [1.165, 1.54) is 0 Å². The van der Waals surface area contributed by atoms with Gasteiger partial charge in [0, 0.05) is 45.3 Å². The maximum Gasteiger partial charge on any atom is 0.397 e. The first-order valence-electron chi connectivity index (χ1n) is 9.19. The van der Waals surface area contributed by atoms with Gasteiger partial charge < -0.3 is 29.8 Å². The van der Waals surface area contributed by atoms with Crippen LogP contribution in [0.3, 0.4) is 0 Å². The van der Waals surface area contributed by atoms with E-state index in [-0.39, 0.29) is 17.3 Å². The first kappa shape index (κ1) is 22.5. The van der Waals surface area contributed by atoms with E-state index in [1.54, 1.807) is 37.3 Å². The molecule has 0 saturated heterocycles. The molecule has 3 rings (SSSR count). The molecule has 0 aliphatic heterocycles. The molecular formula is C21H26N4O5. The molecule has 0 aliphatic rings. The van der Waals surface area contributed by atoms with Gasteiger partial charge in [-0.3, -0.25) is 0 Å². The minimum atomic E-state index is -0.999. The van der Waals surface area contributed by atoms with Gasteiger partial charge in [0.15, 0.2) is 0 Å². The number of nitrogens with two attached hydrogens (primary N) is 1. The summed E-state index contributed by atoms with van der Waals surface area (Å²) in [6.45, 7) is 2.22. The molecule has 9 nitrogen and oxygen atoms in total. The van der Waals surface area contributed by atoms with Gasteiger partial charge in [-0.15, -0.1) is 0 Å². The number of carboxylic acids is 1. The number of nitrogen functional groups attached to an aromatic ring is 1. The quantitative estimate of drug-likeness (QED) is 0.607. The van der Waals surface area contributed by atoms with E-state index < -0.39 is 11.6 Å². The molecule has 1 aromatic heterocycles. The number of fused-ring (bicyclic) bond motifs is 1. The van der Waals surface area contributed by atoms with Gasteiger partial charge in [-0.1, -0.05) is 0 Å². The Labute approximate surface area is 174 Å². The molecule has 0 spiro atoms. The minimum absolute atomic E-state index is 0.0163. The third-order valence-corrected chi connectivity index (χ3v) is 4.16. The highest BCUT2D eigenvalue weighted by atomic mass is 16.6. The lowest BCUT2D eigenvalue weighted by atomic mass is 10.1. The maximum atomic E-state index is 11.7. The molecule has 0 fully saturated rings. The van der Waals surface area contributed by atoms with Crippen molar-refractivity contribution >= 4 is 33.9 Å². The van der Waals surface area contributed by atoms with E-state index in [2.05, 4.69) is 4.98 Å². The van der Waals surface area contributed by atoms with Gasteiger partial charge in [-0.05, 0) is 43.3 Å². The second-order valence-corrected chi connectivity index (χ2v) is 6.77.